The number of ether oxygens (including phenoxy) is 1. The van der Waals surface area contributed by atoms with Gasteiger partial charge in [0.05, 0.1) is 17.9 Å². The van der Waals surface area contributed by atoms with Crippen molar-refractivity contribution in [2.75, 3.05) is 12.4 Å². The maximum atomic E-state index is 5.77. The number of nitrogens with zero attached hydrogens (tertiary/aromatic N) is 2. The average molecular weight is 405 g/mol. The van der Waals surface area contributed by atoms with Gasteiger partial charge in [-0.3, -0.25) is 0 Å². The Kier molecular flexibility index (Phi) is 5.93. The van der Waals surface area contributed by atoms with Crippen LogP contribution in [0.4, 0.5) is 0 Å². The summed E-state index contributed by atoms with van der Waals surface area (Å²) in [6.07, 6.45) is 0. The first-order valence-electron chi connectivity index (χ1n) is 7.57. The molecule has 0 bridgehead atoms. The van der Waals surface area contributed by atoms with Gasteiger partial charge in [-0.2, -0.15) is 0 Å². The Morgan fingerprint density at radius 1 is 1.08 bits per heavy atom. The Balaban J connectivity index is 1.46. The van der Waals surface area contributed by atoms with Crippen LogP contribution in [-0.4, -0.2) is 22.6 Å². The number of thioether (sulfide) groups is 1. The lowest BCUT2D eigenvalue weighted by Crippen LogP contribution is -2.01. The molecule has 1 aromatic heterocycles. The number of para-hydroxylation sites is 1. The second-order valence-electron chi connectivity index (χ2n) is 5.15. The fourth-order valence-electron chi connectivity index (χ4n) is 2.14. The summed E-state index contributed by atoms with van der Waals surface area (Å²) in [6, 6.07) is 15.8. The third kappa shape index (κ3) is 4.39. The van der Waals surface area contributed by atoms with Crippen LogP contribution in [0.2, 0.25) is 0 Å². The summed E-state index contributed by atoms with van der Waals surface area (Å²) >= 11 is 5.21. The van der Waals surface area contributed by atoms with Gasteiger partial charge in [-0.1, -0.05) is 30.3 Å². The predicted molar refractivity (Wildman–Crippen MR) is 100 cm³/mol. The van der Waals surface area contributed by atoms with Gasteiger partial charge in [-0.15, -0.1) is 22.0 Å². The molecule has 0 unspecified atom stereocenters. The monoisotopic (exact) mass is 404 g/mol. The third-order valence-electron chi connectivity index (χ3n) is 3.38. The van der Waals surface area contributed by atoms with Gasteiger partial charge >= 0.3 is 0 Å². The molecule has 3 aromatic rings. The maximum absolute atomic E-state index is 5.77. The zero-order chi connectivity index (χ0) is 16.8. The Labute approximate surface area is 153 Å². The summed E-state index contributed by atoms with van der Waals surface area (Å²) in [5.74, 6) is 3.64. The molecule has 3 rings (SSSR count). The van der Waals surface area contributed by atoms with Crippen LogP contribution in [0.15, 0.2) is 57.4 Å². The molecular formula is C18H17BrN2O2S. The second kappa shape index (κ2) is 8.35. The van der Waals surface area contributed by atoms with Crippen LogP contribution in [0.1, 0.15) is 11.5 Å². The van der Waals surface area contributed by atoms with Gasteiger partial charge in [0.25, 0.3) is 0 Å². The summed E-state index contributed by atoms with van der Waals surface area (Å²) in [4.78, 5) is 0. The zero-order valence-corrected chi connectivity index (χ0v) is 15.6. The Morgan fingerprint density at radius 3 is 2.71 bits per heavy atom. The molecule has 24 heavy (non-hydrogen) atoms. The van der Waals surface area contributed by atoms with Gasteiger partial charge in [0.2, 0.25) is 11.8 Å². The van der Waals surface area contributed by atoms with Crippen molar-refractivity contribution < 1.29 is 9.15 Å². The number of aryl methyl sites for hydroxylation is 1. The van der Waals surface area contributed by atoms with Crippen molar-refractivity contribution in [2.24, 2.45) is 0 Å². The molecule has 0 fully saturated rings. The maximum Gasteiger partial charge on any atom is 0.248 e. The van der Waals surface area contributed by atoms with Gasteiger partial charge in [0.1, 0.15) is 5.75 Å². The molecule has 0 amide bonds. The van der Waals surface area contributed by atoms with Crippen molar-refractivity contribution in [1.29, 1.82) is 0 Å². The molecule has 0 aliphatic rings. The average Bonchev–Trinajstić information content (AvgIpc) is 3.05. The smallest absolute Gasteiger partial charge is 0.248 e. The summed E-state index contributed by atoms with van der Waals surface area (Å²) in [7, 11) is 0. The topological polar surface area (TPSA) is 48.2 Å². The minimum atomic E-state index is 0.536. The molecule has 6 heteroatoms. The summed E-state index contributed by atoms with van der Waals surface area (Å²) in [6.45, 7) is 2.70. The molecule has 0 atom stereocenters. The summed E-state index contributed by atoms with van der Waals surface area (Å²) in [5.41, 5.74) is 2.06. The predicted octanol–water partition coefficient (Wildman–Crippen LogP) is 5.12. The van der Waals surface area contributed by atoms with Crippen LogP contribution in [0.5, 0.6) is 5.75 Å². The quantitative estimate of drug-likeness (QED) is 0.511. The van der Waals surface area contributed by atoms with Gasteiger partial charge in [-0.05, 0) is 46.6 Å². The van der Waals surface area contributed by atoms with Crippen molar-refractivity contribution in [3.63, 3.8) is 0 Å². The Hall–Kier alpha value is -1.79. The normalized spacial score (nSPS) is 10.8. The Morgan fingerprint density at radius 2 is 1.88 bits per heavy atom. The molecule has 124 valence electrons. The van der Waals surface area contributed by atoms with Gasteiger partial charge < -0.3 is 9.15 Å². The minimum absolute atomic E-state index is 0.536. The lowest BCUT2D eigenvalue weighted by atomic mass is 10.2. The van der Waals surface area contributed by atoms with E-state index in [9.17, 15) is 0 Å². The molecule has 0 radical (unpaired) electrons. The molecule has 0 saturated heterocycles. The van der Waals surface area contributed by atoms with E-state index in [-0.39, 0.29) is 0 Å². The number of aromatic nitrogens is 2. The summed E-state index contributed by atoms with van der Waals surface area (Å²) in [5, 5.41) is 8.22. The fraction of sp³-hybridized carbons (Fsp3) is 0.222. The van der Waals surface area contributed by atoms with Crippen LogP contribution in [0.3, 0.4) is 0 Å². The molecule has 0 saturated carbocycles. The van der Waals surface area contributed by atoms with Crippen LogP contribution >= 0.6 is 27.7 Å². The molecular weight excluding hydrogens is 388 g/mol. The molecule has 0 spiro atoms. The molecule has 0 aliphatic heterocycles. The highest BCUT2D eigenvalue weighted by Gasteiger charge is 2.11. The van der Waals surface area contributed by atoms with E-state index in [1.54, 1.807) is 11.8 Å². The molecule has 4 nitrogen and oxygen atoms in total. The summed E-state index contributed by atoms with van der Waals surface area (Å²) < 4.78 is 12.4. The van der Waals surface area contributed by atoms with Crippen LogP contribution < -0.4 is 4.74 Å². The van der Waals surface area contributed by atoms with Gasteiger partial charge in [-0.25, -0.2) is 0 Å². The first-order chi connectivity index (χ1) is 11.7. The molecule has 1 heterocycles. The van der Waals surface area contributed by atoms with E-state index in [1.165, 1.54) is 0 Å². The number of halogens is 1. The van der Waals surface area contributed by atoms with Crippen molar-refractivity contribution in [3.05, 3.63) is 64.5 Å². The van der Waals surface area contributed by atoms with Crippen molar-refractivity contribution in [1.82, 2.24) is 10.2 Å². The number of benzene rings is 2. The van der Waals surface area contributed by atoms with E-state index in [4.69, 9.17) is 9.15 Å². The highest BCUT2D eigenvalue weighted by atomic mass is 79.9. The van der Waals surface area contributed by atoms with Crippen molar-refractivity contribution in [2.45, 2.75) is 12.7 Å². The standard InChI is InChI=1S/C18H17BrN2O2S/c1-13-6-2-5-9-16(13)22-10-11-24-12-17-20-21-18(23-17)14-7-3-4-8-15(14)19/h2-9H,10-12H2,1H3. The van der Waals surface area contributed by atoms with E-state index in [0.29, 0.717) is 24.1 Å². The number of hydrogen-bond acceptors (Lipinski definition) is 5. The minimum Gasteiger partial charge on any atom is -0.492 e. The first kappa shape index (κ1) is 17.0. The number of hydrogen-bond donors (Lipinski definition) is 0. The van der Waals surface area contributed by atoms with E-state index >= 15 is 0 Å². The second-order valence-corrected chi connectivity index (χ2v) is 7.11. The molecule has 0 aliphatic carbocycles. The van der Waals surface area contributed by atoms with Crippen molar-refractivity contribution in [3.8, 4) is 17.2 Å². The van der Waals surface area contributed by atoms with Crippen molar-refractivity contribution >= 4 is 27.7 Å². The fourth-order valence-corrected chi connectivity index (χ4v) is 3.24. The number of rotatable bonds is 7. The highest BCUT2D eigenvalue weighted by Crippen LogP contribution is 2.27. The van der Waals surface area contributed by atoms with E-state index in [1.807, 2.05) is 55.5 Å². The molecule has 0 N–H and O–H groups in total. The van der Waals surface area contributed by atoms with E-state index in [0.717, 1.165) is 27.1 Å². The SMILES string of the molecule is Cc1ccccc1OCCSCc1nnc(-c2ccccc2Br)o1. The Bertz CT molecular complexity index is 807. The van der Waals surface area contributed by atoms with Crippen LogP contribution in [-0.2, 0) is 5.75 Å². The molecule has 2 aromatic carbocycles. The highest BCUT2D eigenvalue weighted by molar-refractivity contribution is 9.10. The van der Waals surface area contributed by atoms with E-state index in [2.05, 4.69) is 26.1 Å². The van der Waals surface area contributed by atoms with Gasteiger partial charge in [0.15, 0.2) is 0 Å². The lowest BCUT2D eigenvalue weighted by molar-refractivity contribution is 0.341. The van der Waals surface area contributed by atoms with E-state index < -0.39 is 0 Å². The largest absolute Gasteiger partial charge is 0.492 e. The first-order valence-corrected chi connectivity index (χ1v) is 9.52. The van der Waals surface area contributed by atoms with Gasteiger partial charge in [0, 0.05) is 10.2 Å². The zero-order valence-electron chi connectivity index (χ0n) is 13.2. The van der Waals surface area contributed by atoms with Crippen LogP contribution in [0.25, 0.3) is 11.5 Å². The lowest BCUT2D eigenvalue weighted by Gasteiger charge is -2.07. The van der Waals surface area contributed by atoms with Crippen LogP contribution in [0, 0.1) is 6.92 Å². The third-order valence-corrected chi connectivity index (χ3v) is 4.97.